The zero-order valence-corrected chi connectivity index (χ0v) is 16.8. The van der Waals surface area contributed by atoms with Gasteiger partial charge in [-0.2, -0.15) is 0 Å². The predicted octanol–water partition coefficient (Wildman–Crippen LogP) is 5.57. The van der Waals surface area contributed by atoms with E-state index in [0.717, 1.165) is 28.4 Å². The summed E-state index contributed by atoms with van der Waals surface area (Å²) < 4.78 is 11.7. The molecular formula is C25H27NO3. The van der Waals surface area contributed by atoms with Crippen LogP contribution in [0, 0.1) is 17.8 Å². The van der Waals surface area contributed by atoms with Crippen molar-refractivity contribution in [2.75, 3.05) is 0 Å². The minimum Gasteiger partial charge on any atom is -0.485 e. The largest absolute Gasteiger partial charge is 0.485 e. The maximum absolute atomic E-state index is 12.6. The standard InChI is InChI=1S/C25H27NO3/c1-16(22-14-17-9-10-19(22)13-17)26-25(27)24-12-11-20(29-24)15-28-23-8-4-6-18-5-2-3-7-21(18)23/h2-8,11-12,16-17,19,22H,9-10,13-15H2,1H3,(H,26,27). The molecule has 150 valence electrons. The van der Waals surface area contributed by atoms with E-state index in [1.807, 2.05) is 36.4 Å². The van der Waals surface area contributed by atoms with E-state index in [4.69, 9.17) is 9.15 Å². The Morgan fingerprint density at radius 3 is 2.79 bits per heavy atom. The Labute approximate surface area is 171 Å². The summed E-state index contributed by atoms with van der Waals surface area (Å²) >= 11 is 0. The number of benzene rings is 2. The molecule has 2 aromatic carbocycles. The fourth-order valence-electron chi connectivity index (χ4n) is 5.34. The molecule has 0 spiro atoms. The van der Waals surface area contributed by atoms with Gasteiger partial charge in [0.25, 0.3) is 5.91 Å². The van der Waals surface area contributed by atoms with Crippen molar-refractivity contribution in [1.82, 2.24) is 5.32 Å². The Morgan fingerprint density at radius 2 is 1.97 bits per heavy atom. The average Bonchev–Trinajstić information content (AvgIpc) is 3.49. The normalized spacial score (nSPS) is 24.0. The Bertz CT molecular complexity index is 1020. The topological polar surface area (TPSA) is 51.5 Å². The number of carbonyl (C=O) groups excluding carboxylic acids is 1. The molecule has 2 saturated carbocycles. The monoisotopic (exact) mass is 389 g/mol. The van der Waals surface area contributed by atoms with E-state index >= 15 is 0 Å². The molecule has 1 heterocycles. The van der Waals surface area contributed by atoms with E-state index in [0.29, 0.717) is 24.0 Å². The van der Waals surface area contributed by atoms with Crippen LogP contribution >= 0.6 is 0 Å². The number of furan rings is 1. The van der Waals surface area contributed by atoms with Crippen molar-refractivity contribution < 1.29 is 13.9 Å². The first-order valence-electron chi connectivity index (χ1n) is 10.7. The molecule has 4 atom stereocenters. The van der Waals surface area contributed by atoms with Crippen LogP contribution in [0.3, 0.4) is 0 Å². The van der Waals surface area contributed by atoms with Crippen LogP contribution in [-0.2, 0) is 6.61 Å². The van der Waals surface area contributed by atoms with Gasteiger partial charge in [0.1, 0.15) is 18.1 Å². The molecule has 2 aliphatic carbocycles. The molecule has 0 saturated heterocycles. The van der Waals surface area contributed by atoms with Crippen LogP contribution in [0.4, 0.5) is 0 Å². The van der Waals surface area contributed by atoms with Gasteiger partial charge >= 0.3 is 0 Å². The van der Waals surface area contributed by atoms with Crippen LogP contribution in [0.5, 0.6) is 5.75 Å². The molecule has 0 aliphatic heterocycles. The van der Waals surface area contributed by atoms with Gasteiger partial charge in [-0.15, -0.1) is 0 Å². The van der Waals surface area contributed by atoms with Crippen molar-refractivity contribution in [3.63, 3.8) is 0 Å². The minimum atomic E-state index is -0.128. The summed E-state index contributed by atoms with van der Waals surface area (Å²) in [4.78, 5) is 12.6. The fourth-order valence-corrected chi connectivity index (χ4v) is 5.34. The number of rotatable bonds is 6. The van der Waals surface area contributed by atoms with E-state index in [-0.39, 0.29) is 11.9 Å². The number of nitrogens with one attached hydrogen (secondary N) is 1. The van der Waals surface area contributed by atoms with Gasteiger partial charge in [-0.1, -0.05) is 42.8 Å². The zero-order valence-electron chi connectivity index (χ0n) is 16.8. The van der Waals surface area contributed by atoms with Crippen LogP contribution in [0.25, 0.3) is 10.8 Å². The van der Waals surface area contributed by atoms with Gasteiger partial charge in [-0.25, -0.2) is 0 Å². The van der Waals surface area contributed by atoms with E-state index in [1.54, 1.807) is 6.07 Å². The summed E-state index contributed by atoms with van der Waals surface area (Å²) in [7, 11) is 0. The van der Waals surface area contributed by atoms with E-state index in [2.05, 4.69) is 24.4 Å². The number of carbonyl (C=O) groups is 1. The van der Waals surface area contributed by atoms with Crippen LogP contribution in [0.15, 0.2) is 59.0 Å². The van der Waals surface area contributed by atoms with Crippen molar-refractivity contribution >= 4 is 16.7 Å². The first-order chi connectivity index (χ1) is 14.2. The van der Waals surface area contributed by atoms with Gasteiger partial charge in [0, 0.05) is 11.4 Å². The second-order valence-corrected chi connectivity index (χ2v) is 8.63. The second-order valence-electron chi connectivity index (χ2n) is 8.63. The molecular weight excluding hydrogens is 362 g/mol. The van der Waals surface area contributed by atoms with Gasteiger partial charge in [-0.3, -0.25) is 4.79 Å². The molecule has 2 aliphatic rings. The smallest absolute Gasteiger partial charge is 0.287 e. The van der Waals surface area contributed by atoms with Crippen molar-refractivity contribution in [3.8, 4) is 5.75 Å². The van der Waals surface area contributed by atoms with Crippen molar-refractivity contribution in [3.05, 3.63) is 66.1 Å². The predicted molar refractivity (Wildman–Crippen MR) is 113 cm³/mol. The molecule has 29 heavy (non-hydrogen) atoms. The molecule has 1 N–H and O–H groups in total. The number of amides is 1. The lowest BCUT2D eigenvalue weighted by Gasteiger charge is -2.28. The Balaban J connectivity index is 1.21. The third-order valence-electron chi connectivity index (χ3n) is 6.80. The molecule has 4 nitrogen and oxygen atoms in total. The Hall–Kier alpha value is -2.75. The molecule has 1 amide bonds. The lowest BCUT2D eigenvalue weighted by Crippen LogP contribution is -2.40. The van der Waals surface area contributed by atoms with Crippen LogP contribution < -0.4 is 10.1 Å². The Morgan fingerprint density at radius 1 is 1.10 bits per heavy atom. The van der Waals surface area contributed by atoms with Gasteiger partial charge < -0.3 is 14.5 Å². The highest BCUT2D eigenvalue weighted by Gasteiger charge is 2.42. The van der Waals surface area contributed by atoms with Gasteiger partial charge in [0.2, 0.25) is 0 Å². The second kappa shape index (κ2) is 7.58. The quantitative estimate of drug-likeness (QED) is 0.600. The van der Waals surface area contributed by atoms with Crippen molar-refractivity contribution in [1.29, 1.82) is 0 Å². The third-order valence-corrected chi connectivity index (χ3v) is 6.80. The van der Waals surface area contributed by atoms with Crippen molar-refractivity contribution in [2.45, 2.75) is 45.3 Å². The van der Waals surface area contributed by atoms with E-state index in [1.165, 1.54) is 25.7 Å². The Kier molecular flexibility index (Phi) is 4.78. The summed E-state index contributed by atoms with van der Waals surface area (Å²) in [5, 5.41) is 5.37. The number of hydrogen-bond donors (Lipinski definition) is 1. The lowest BCUT2D eigenvalue weighted by atomic mass is 9.84. The van der Waals surface area contributed by atoms with E-state index in [9.17, 15) is 4.79 Å². The fraction of sp³-hybridized carbons (Fsp3) is 0.400. The summed E-state index contributed by atoms with van der Waals surface area (Å²) in [6.07, 6.45) is 5.31. The molecule has 0 radical (unpaired) electrons. The van der Waals surface area contributed by atoms with E-state index < -0.39 is 0 Å². The molecule has 2 fully saturated rings. The number of fused-ring (bicyclic) bond motifs is 3. The number of hydrogen-bond acceptors (Lipinski definition) is 3. The SMILES string of the molecule is CC(NC(=O)c1ccc(COc2cccc3ccccc23)o1)C1CC2CCC1C2. The lowest BCUT2D eigenvalue weighted by molar-refractivity contribution is 0.0883. The maximum Gasteiger partial charge on any atom is 0.287 e. The van der Waals surface area contributed by atoms with Gasteiger partial charge in [-0.05, 0) is 67.5 Å². The van der Waals surface area contributed by atoms with Crippen LogP contribution in [0.1, 0.15) is 48.9 Å². The molecule has 2 bridgehead atoms. The summed E-state index contributed by atoms with van der Waals surface area (Å²) in [6, 6.07) is 17.9. The zero-order chi connectivity index (χ0) is 19.8. The highest BCUT2D eigenvalue weighted by atomic mass is 16.5. The first-order valence-corrected chi connectivity index (χ1v) is 10.7. The third kappa shape index (κ3) is 3.64. The van der Waals surface area contributed by atoms with Crippen molar-refractivity contribution in [2.24, 2.45) is 17.8 Å². The summed E-state index contributed by atoms with van der Waals surface area (Å²) in [6.45, 7) is 2.43. The summed E-state index contributed by atoms with van der Waals surface area (Å²) in [5.41, 5.74) is 0. The van der Waals surface area contributed by atoms with Gasteiger partial charge in [0.05, 0.1) is 0 Å². The van der Waals surface area contributed by atoms with Crippen LogP contribution in [-0.4, -0.2) is 11.9 Å². The summed E-state index contributed by atoms with van der Waals surface area (Å²) in [5.74, 6) is 3.98. The highest BCUT2D eigenvalue weighted by molar-refractivity contribution is 5.91. The molecule has 4 unspecified atom stereocenters. The van der Waals surface area contributed by atoms with Crippen LogP contribution in [0.2, 0.25) is 0 Å². The average molecular weight is 389 g/mol. The maximum atomic E-state index is 12.6. The minimum absolute atomic E-state index is 0.128. The first kappa shape index (κ1) is 18.3. The molecule has 5 rings (SSSR count). The number of ether oxygens (including phenoxy) is 1. The molecule has 1 aromatic heterocycles. The molecule has 3 aromatic rings. The molecule has 4 heteroatoms. The highest BCUT2D eigenvalue weighted by Crippen LogP contribution is 2.49. The van der Waals surface area contributed by atoms with Gasteiger partial charge in [0.15, 0.2) is 5.76 Å².